The van der Waals surface area contributed by atoms with Gasteiger partial charge in [-0.15, -0.1) is 0 Å². The van der Waals surface area contributed by atoms with Crippen molar-refractivity contribution in [1.82, 2.24) is 0 Å². The maximum absolute atomic E-state index is 11.5. The standard InChI is InChI=1S/C11H18N2O3/c1-3-5-6-7-8-9(14)10(13-12)11(15)16-4-2/h3-8H2,1-2H3. The number of unbranched alkanes of at least 4 members (excludes halogenated alkanes) is 3. The third-order valence-corrected chi connectivity index (χ3v) is 2.09. The molecule has 5 heteroatoms. The monoisotopic (exact) mass is 226 g/mol. The van der Waals surface area contributed by atoms with Gasteiger partial charge in [-0.1, -0.05) is 26.2 Å². The van der Waals surface area contributed by atoms with Gasteiger partial charge in [-0.25, -0.2) is 4.79 Å². The number of esters is 1. The zero-order valence-electron chi connectivity index (χ0n) is 9.86. The molecule has 5 nitrogen and oxygen atoms in total. The molecule has 0 aromatic rings. The summed E-state index contributed by atoms with van der Waals surface area (Å²) in [7, 11) is 0. The van der Waals surface area contributed by atoms with Crippen LogP contribution in [0.25, 0.3) is 5.53 Å². The average molecular weight is 226 g/mol. The van der Waals surface area contributed by atoms with Crippen LogP contribution in [-0.2, 0) is 14.3 Å². The molecule has 0 aliphatic heterocycles. The number of Topliss-reactive ketones (excluding diaryl/α,β-unsaturated/α-hetero) is 1. The minimum atomic E-state index is -0.856. The van der Waals surface area contributed by atoms with Gasteiger partial charge in [-0.2, -0.15) is 4.79 Å². The molecule has 0 bridgehead atoms. The second kappa shape index (κ2) is 8.80. The lowest BCUT2D eigenvalue weighted by Gasteiger charge is -1.98. The van der Waals surface area contributed by atoms with E-state index in [9.17, 15) is 9.59 Å². The lowest BCUT2D eigenvalue weighted by Crippen LogP contribution is -2.27. The lowest BCUT2D eigenvalue weighted by molar-refractivity contribution is -0.141. The van der Waals surface area contributed by atoms with Crippen molar-refractivity contribution in [3.8, 4) is 0 Å². The molecule has 0 fully saturated rings. The second-order valence-corrected chi connectivity index (χ2v) is 3.40. The van der Waals surface area contributed by atoms with Gasteiger partial charge in [0.05, 0.1) is 6.61 Å². The molecule has 0 N–H and O–H groups in total. The van der Waals surface area contributed by atoms with Crippen LogP contribution in [-0.4, -0.2) is 28.9 Å². The summed E-state index contributed by atoms with van der Waals surface area (Å²) in [6.07, 6.45) is 3.98. The molecule has 0 rings (SSSR count). The van der Waals surface area contributed by atoms with Gasteiger partial charge in [0.1, 0.15) is 0 Å². The number of carbonyl (C=O) groups excluding carboxylic acids is 2. The Balaban J connectivity index is 4.13. The largest absolute Gasteiger partial charge is 0.457 e. The topological polar surface area (TPSA) is 79.8 Å². The quantitative estimate of drug-likeness (QED) is 0.158. The highest BCUT2D eigenvalue weighted by atomic mass is 16.5. The summed E-state index contributed by atoms with van der Waals surface area (Å²) in [5.74, 6) is -1.32. The van der Waals surface area contributed by atoms with Crippen LogP contribution < -0.4 is 0 Å². The van der Waals surface area contributed by atoms with Crippen LogP contribution in [0.3, 0.4) is 0 Å². The van der Waals surface area contributed by atoms with Crippen LogP contribution in [0, 0.1) is 0 Å². The molecule has 0 spiro atoms. The molecule has 0 aromatic heterocycles. The van der Waals surface area contributed by atoms with Crippen LogP contribution in [0.1, 0.15) is 46.0 Å². The normalized spacial score (nSPS) is 9.38. The predicted octanol–water partition coefficient (Wildman–Crippen LogP) is 1.76. The Morgan fingerprint density at radius 1 is 1.19 bits per heavy atom. The first-order valence-corrected chi connectivity index (χ1v) is 5.59. The Labute approximate surface area is 95.4 Å². The first-order chi connectivity index (χ1) is 7.67. The van der Waals surface area contributed by atoms with Crippen molar-refractivity contribution in [3.63, 3.8) is 0 Å². The Hall–Kier alpha value is -1.48. The summed E-state index contributed by atoms with van der Waals surface area (Å²) >= 11 is 0. The van der Waals surface area contributed by atoms with Crippen molar-refractivity contribution in [2.75, 3.05) is 6.61 Å². The number of rotatable bonds is 8. The van der Waals surface area contributed by atoms with E-state index in [1.165, 1.54) is 0 Å². The highest BCUT2D eigenvalue weighted by Gasteiger charge is 2.29. The molecule has 0 amide bonds. The van der Waals surface area contributed by atoms with Gasteiger partial charge in [0, 0.05) is 6.42 Å². The van der Waals surface area contributed by atoms with E-state index in [0.717, 1.165) is 19.3 Å². The van der Waals surface area contributed by atoms with E-state index in [-0.39, 0.29) is 13.0 Å². The van der Waals surface area contributed by atoms with Gasteiger partial charge in [0.25, 0.3) is 5.78 Å². The molecule has 0 unspecified atom stereocenters. The Kier molecular flexibility index (Phi) is 7.98. The molecule has 0 saturated heterocycles. The molecule has 0 aliphatic rings. The second-order valence-electron chi connectivity index (χ2n) is 3.40. The van der Waals surface area contributed by atoms with Gasteiger partial charge >= 0.3 is 11.7 Å². The Morgan fingerprint density at radius 2 is 1.88 bits per heavy atom. The van der Waals surface area contributed by atoms with Crippen LogP contribution in [0.5, 0.6) is 0 Å². The van der Waals surface area contributed by atoms with E-state index < -0.39 is 17.5 Å². The number of hydrogen-bond acceptors (Lipinski definition) is 3. The number of ketones is 1. The van der Waals surface area contributed by atoms with E-state index in [1.807, 2.05) is 0 Å². The van der Waals surface area contributed by atoms with Crippen molar-refractivity contribution in [2.45, 2.75) is 46.0 Å². The van der Waals surface area contributed by atoms with Gasteiger partial charge < -0.3 is 10.3 Å². The molecular weight excluding hydrogens is 208 g/mol. The molecule has 0 aliphatic carbocycles. The summed E-state index contributed by atoms with van der Waals surface area (Å²) in [5, 5.41) is 0. The molecule has 0 heterocycles. The van der Waals surface area contributed by atoms with E-state index in [4.69, 9.17) is 5.53 Å². The summed E-state index contributed by atoms with van der Waals surface area (Å²) in [5.41, 5.74) is 8.06. The number of carbonyl (C=O) groups is 2. The fourth-order valence-electron chi connectivity index (χ4n) is 1.24. The summed E-state index contributed by atoms with van der Waals surface area (Å²) < 4.78 is 4.59. The van der Waals surface area contributed by atoms with Crippen LogP contribution in [0.4, 0.5) is 0 Å². The smallest absolute Gasteiger partial charge is 0.441 e. The summed E-state index contributed by atoms with van der Waals surface area (Å²) in [6, 6.07) is 0. The average Bonchev–Trinajstić information content (AvgIpc) is 2.26. The summed E-state index contributed by atoms with van der Waals surface area (Å²) in [6.45, 7) is 3.85. The zero-order valence-corrected chi connectivity index (χ0v) is 9.86. The van der Waals surface area contributed by atoms with E-state index in [0.29, 0.717) is 6.42 Å². The Morgan fingerprint density at radius 3 is 2.38 bits per heavy atom. The lowest BCUT2D eigenvalue weighted by atomic mass is 10.1. The van der Waals surface area contributed by atoms with Crippen LogP contribution >= 0.6 is 0 Å². The number of ether oxygens (including phenoxy) is 1. The van der Waals surface area contributed by atoms with E-state index >= 15 is 0 Å². The van der Waals surface area contributed by atoms with E-state index in [1.54, 1.807) is 6.92 Å². The first-order valence-electron chi connectivity index (χ1n) is 5.59. The molecule has 0 saturated carbocycles. The Bertz CT molecular complexity index is 294. The molecular formula is C11H18N2O3. The van der Waals surface area contributed by atoms with Gasteiger partial charge in [-0.05, 0) is 13.3 Å². The van der Waals surface area contributed by atoms with Gasteiger partial charge in [-0.3, -0.25) is 4.79 Å². The van der Waals surface area contributed by atoms with Gasteiger partial charge in [0.15, 0.2) is 0 Å². The minimum Gasteiger partial charge on any atom is -0.457 e. The highest BCUT2D eigenvalue weighted by molar-refractivity contribution is 6.62. The summed E-state index contributed by atoms with van der Waals surface area (Å²) in [4.78, 5) is 25.3. The molecule has 0 aromatic carbocycles. The molecule has 16 heavy (non-hydrogen) atoms. The highest BCUT2D eigenvalue weighted by Crippen LogP contribution is 2.03. The fourth-order valence-corrected chi connectivity index (χ4v) is 1.24. The van der Waals surface area contributed by atoms with Gasteiger partial charge in [0.2, 0.25) is 0 Å². The van der Waals surface area contributed by atoms with Crippen molar-refractivity contribution >= 4 is 17.5 Å². The van der Waals surface area contributed by atoms with Crippen molar-refractivity contribution < 1.29 is 19.1 Å². The third-order valence-electron chi connectivity index (χ3n) is 2.09. The predicted molar refractivity (Wildman–Crippen MR) is 59.0 cm³/mol. The van der Waals surface area contributed by atoms with Crippen LogP contribution in [0.15, 0.2) is 0 Å². The van der Waals surface area contributed by atoms with Crippen molar-refractivity contribution in [3.05, 3.63) is 5.53 Å². The fraction of sp³-hybridized carbons (Fsp3) is 0.727. The SMILES string of the molecule is CCCCCCC(=O)C(=[N+]=[N-])C(=O)OCC. The minimum absolute atomic E-state index is 0.154. The van der Waals surface area contributed by atoms with Crippen molar-refractivity contribution in [1.29, 1.82) is 0 Å². The maximum Gasteiger partial charge on any atom is 0.441 e. The third kappa shape index (κ3) is 5.41. The molecule has 90 valence electrons. The molecule has 0 radical (unpaired) electrons. The first kappa shape index (κ1) is 14.5. The van der Waals surface area contributed by atoms with Crippen molar-refractivity contribution in [2.24, 2.45) is 0 Å². The van der Waals surface area contributed by atoms with Crippen LogP contribution in [0.2, 0.25) is 0 Å². The molecule has 0 atom stereocenters. The maximum atomic E-state index is 11.5. The number of hydrogen-bond donors (Lipinski definition) is 0. The van der Waals surface area contributed by atoms with E-state index in [2.05, 4.69) is 16.5 Å². The zero-order chi connectivity index (χ0) is 12.4. The number of nitrogens with zero attached hydrogens (tertiary/aromatic N) is 2.